The molecule has 4 rings (SSSR count). The maximum Gasteiger partial charge on any atom is 0.439 e. The molecular formula is C21H20Cl2F2N4O4. The monoisotopic (exact) mass is 500 g/mol. The lowest BCUT2D eigenvalue weighted by molar-refractivity contribution is 0.0303. The lowest BCUT2D eigenvalue weighted by atomic mass is 9.95. The number of hydrogen-bond acceptors (Lipinski definition) is 6. The number of ether oxygens (including phenoxy) is 1. The molecule has 0 bridgehead atoms. The van der Waals surface area contributed by atoms with Crippen LogP contribution in [0.3, 0.4) is 0 Å². The van der Waals surface area contributed by atoms with Crippen molar-refractivity contribution in [3.05, 3.63) is 74.7 Å². The number of halogens is 4. The van der Waals surface area contributed by atoms with Crippen molar-refractivity contribution in [3.63, 3.8) is 0 Å². The van der Waals surface area contributed by atoms with Crippen molar-refractivity contribution in [1.82, 2.24) is 20.8 Å². The number of nitrogens with one attached hydrogen (secondary N) is 3. The molecule has 1 aliphatic rings. The first-order chi connectivity index (χ1) is 15.4. The highest BCUT2D eigenvalue weighted by atomic mass is 35.5. The fourth-order valence-corrected chi connectivity index (χ4v) is 3.66. The Morgan fingerprint density at radius 2 is 2.03 bits per heavy atom. The van der Waals surface area contributed by atoms with Crippen molar-refractivity contribution in [2.24, 2.45) is 5.92 Å². The SMILES string of the molecule is Cl.O=C(NC[C@@H]1CNCCO[C@H]1c1ccc(Cl)c(F)c1)c1cc(-c2noc(=O)[nH]2)ccc1F. The number of aromatic nitrogens is 2. The Hall–Kier alpha value is -2.79. The van der Waals surface area contributed by atoms with Gasteiger partial charge in [0.1, 0.15) is 11.6 Å². The van der Waals surface area contributed by atoms with Crippen LogP contribution in [-0.4, -0.2) is 42.3 Å². The zero-order chi connectivity index (χ0) is 22.7. The predicted molar refractivity (Wildman–Crippen MR) is 119 cm³/mol. The molecule has 0 aliphatic carbocycles. The Labute approximate surface area is 198 Å². The summed E-state index contributed by atoms with van der Waals surface area (Å²) in [6, 6.07) is 8.19. The molecule has 176 valence electrons. The maximum atomic E-state index is 14.3. The Kier molecular flexibility index (Phi) is 8.20. The normalized spacial score (nSPS) is 18.3. The van der Waals surface area contributed by atoms with Crippen LogP contribution in [0.1, 0.15) is 22.0 Å². The van der Waals surface area contributed by atoms with Crippen LogP contribution in [0.4, 0.5) is 8.78 Å². The summed E-state index contributed by atoms with van der Waals surface area (Å²) in [7, 11) is 0. The quantitative estimate of drug-likeness (QED) is 0.496. The summed E-state index contributed by atoms with van der Waals surface area (Å²) in [6.45, 7) is 1.65. The van der Waals surface area contributed by atoms with E-state index in [0.29, 0.717) is 30.8 Å². The van der Waals surface area contributed by atoms with Gasteiger partial charge < -0.3 is 15.4 Å². The number of hydrogen-bond donors (Lipinski definition) is 3. The highest BCUT2D eigenvalue weighted by Crippen LogP contribution is 2.29. The van der Waals surface area contributed by atoms with Crippen LogP contribution in [0.25, 0.3) is 11.4 Å². The maximum absolute atomic E-state index is 14.3. The van der Waals surface area contributed by atoms with E-state index in [1.807, 2.05) is 0 Å². The van der Waals surface area contributed by atoms with E-state index in [9.17, 15) is 18.4 Å². The summed E-state index contributed by atoms with van der Waals surface area (Å²) in [5.41, 5.74) is 0.692. The fraction of sp³-hybridized carbons (Fsp3) is 0.286. The second kappa shape index (κ2) is 10.9. The molecule has 2 heterocycles. The van der Waals surface area contributed by atoms with E-state index >= 15 is 0 Å². The molecule has 3 aromatic rings. The van der Waals surface area contributed by atoms with E-state index in [1.165, 1.54) is 24.3 Å². The minimum Gasteiger partial charge on any atom is -0.372 e. The van der Waals surface area contributed by atoms with Gasteiger partial charge in [-0.05, 0) is 35.9 Å². The smallest absolute Gasteiger partial charge is 0.372 e. The molecule has 0 unspecified atom stereocenters. The molecule has 0 saturated carbocycles. The van der Waals surface area contributed by atoms with Gasteiger partial charge >= 0.3 is 5.76 Å². The number of carbonyl (C=O) groups is 1. The molecule has 1 aromatic heterocycles. The molecule has 1 fully saturated rings. The van der Waals surface area contributed by atoms with Crippen LogP contribution >= 0.6 is 24.0 Å². The molecule has 2 aromatic carbocycles. The van der Waals surface area contributed by atoms with Gasteiger partial charge in [-0.15, -0.1) is 12.4 Å². The zero-order valence-corrected chi connectivity index (χ0v) is 18.6. The molecule has 0 spiro atoms. The third kappa shape index (κ3) is 5.77. The zero-order valence-electron chi connectivity index (χ0n) is 17.1. The minimum absolute atomic E-state index is 0. The van der Waals surface area contributed by atoms with Gasteiger partial charge in [-0.1, -0.05) is 22.8 Å². The topological polar surface area (TPSA) is 109 Å². The Balaban J connectivity index is 0.00000306. The van der Waals surface area contributed by atoms with Gasteiger partial charge in [0.15, 0.2) is 5.82 Å². The number of amides is 1. The highest BCUT2D eigenvalue weighted by molar-refractivity contribution is 6.30. The average molecular weight is 501 g/mol. The average Bonchev–Trinajstić information content (AvgIpc) is 3.08. The lowest BCUT2D eigenvalue weighted by Gasteiger charge is -2.25. The number of carbonyl (C=O) groups excluding carboxylic acids is 1. The van der Waals surface area contributed by atoms with Crippen LogP contribution in [0.2, 0.25) is 5.02 Å². The van der Waals surface area contributed by atoms with Gasteiger partial charge in [-0.2, -0.15) is 0 Å². The first-order valence-corrected chi connectivity index (χ1v) is 10.2. The van der Waals surface area contributed by atoms with Crippen molar-refractivity contribution in [1.29, 1.82) is 0 Å². The van der Waals surface area contributed by atoms with Gasteiger partial charge in [0.25, 0.3) is 5.91 Å². The highest BCUT2D eigenvalue weighted by Gasteiger charge is 2.28. The van der Waals surface area contributed by atoms with Gasteiger partial charge in [-0.3, -0.25) is 14.3 Å². The second-order valence-corrected chi connectivity index (χ2v) is 7.68. The summed E-state index contributed by atoms with van der Waals surface area (Å²) in [5, 5.41) is 9.47. The van der Waals surface area contributed by atoms with Crippen LogP contribution in [0.5, 0.6) is 0 Å². The summed E-state index contributed by atoms with van der Waals surface area (Å²) in [5.74, 6) is -2.88. The van der Waals surface area contributed by atoms with Gasteiger partial charge in [0.2, 0.25) is 0 Å². The fourth-order valence-electron chi connectivity index (χ4n) is 3.55. The number of H-pyrrole nitrogens is 1. The van der Waals surface area contributed by atoms with Crippen molar-refractivity contribution in [3.8, 4) is 11.4 Å². The minimum atomic E-state index is -0.763. The standard InChI is InChI=1S/C21H19ClF2N4O4.ClH/c22-15-3-1-11(8-17(15)24)18-13(9-25-5-6-31-18)10-26-20(29)14-7-12(2-4-16(14)23)19-27-21(30)32-28-19;/h1-4,7-8,13,18,25H,5-6,9-10H2,(H,26,29)(H,27,28,30);1H/t13-,18-;/m0./s1. The molecule has 0 radical (unpaired) electrons. The van der Waals surface area contributed by atoms with Crippen LogP contribution < -0.4 is 16.4 Å². The molecule has 33 heavy (non-hydrogen) atoms. The first-order valence-electron chi connectivity index (χ1n) is 9.84. The summed E-state index contributed by atoms with van der Waals surface area (Å²) in [6.07, 6.45) is -0.492. The lowest BCUT2D eigenvalue weighted by Crippen LogP contribution is -2.36. The van der Waals surface area contributed by atoms with Gasteiger partial charge in [-0.25, -0.2) is 13.6 Å². The molecule has 8 nitrogen and oxygen atoms in total. The summed E-state index contributed by atoms with van der Waals surface area (Å²) < 4.78 is 38.6. The molecular weight excluding hydrogens is 481 g/mol. The second-order valence-electron chi connectivity index (χ2n) is 7.28. The van der Waals surface area contributed by atoms with Gasteiger partial charge in [0, 0.05) is 31.1 Å². The van der Waals surface area contributed by atoms with Crippen molar-refractivity contribution in [2.45, 2.75) is 6.10 Å². The molecule has 1 saturated heterocycles. The molecule has 3 N–H and O–H groups in total. The molecule has 12 heteroatoms. The van der Waals surface area contributed by atoms with E-state index in [4.69, 9.17) is 16.3 Å². The van der Waals surface area contributed by atoms with Crippen LogP contribution in [-0.2, 0) is 4.74 Å². The molecule has 1 aliphatic heterocycles. The molecule has 2 atom stereocenters. The summed E-state index contributed by atoms with van der Waals surface area (Å²) in [4.78, 5) is 26.2. The number of benzene rings is 2. The van der Waals surface area contributed by atoms with Crippen molar-refractivity contribution in [2.75, 3.05) is 26.2 Å². The Morgan fingerprint density at radius 3 is 2.76 bits per heavy atom. The van der Waals surface area contributed by atoms with E-state index in [1.54, 1.807) is 6.07 Å². The van der Waals surface area contributed by atoms with E-state index in [-0.39, 0.29) is 41.3 Å². The third-order valence-electron chi connectivity index (χ3n) is 5.13. The largest absolute Gasteiger partial charge is 0.439 e. The summed E-state index contributed by atoms with van der Waals surface area (Å²) >= 11 is 5.78. The van der Waals surface area contributed by atoms with Crippen LogP contribution in [0.15, 0.2) is 45.7 Å². The van der Waals surface area contributed by atoms with Crippen molar-refractivity contribution >= 4 is 29.9 Å². The van der Waals surface area contributed by atoms with Gasteiger partial charge in [0.05, 0.1) is 23.3 Å². The van der Waals surface area contributed by atoms with Crippen LogP contribution in [0, 0.1) is 17.6 Å². The number of rotatable bonds is 5. The van der Waals surface area contributed by atoms with Crippen molar-refractivity contribution < 1.29 is 22.8 Å². The van der Waals surface area contributed by atoms with E-state index < -0.39 is 29.4 Å². The molecule has 1 amide bonds. The Bertz CT molecular complexity index is 1190. The number of nitrogens with zero attached hydrogens (tertiary/aromatic N) is 1. The van der Waals surface area contributed by atoms with E-state index in [0.717, 1.165) is 6.07 Å². The number of aromatic amines is 1. The third-order valence-corrected chi connectivity index (χ3v) is 5.44. The Morgan fingerprint density at radius 1 is 1.21 bits per heavy atom. The predicted octanol–water partition coefficient (Wildman–Crippen LogP) is 3.09. The first kappa shape index (κ1) is 24.8. The van der Waals surface area contributed by atoms with E-state index in [2.05, 4.69) is 25.3 Å².